The Balaban J connectivity index is 3.51. The highest BCUT2D eigenvalue weighted by Gasteiger charge is 2.36. The molecule has 1 aromatic rings. The van der Waals surface area contributed by atoms with Crippen LogP contribution >= 0.6 is 0 Å². The SMILES string of the molecule is COc1ccn(CN)c(=N)c1C(F)(F)F. The third-order valence-corrected chi connectivity index (χ3v) is 1.88. The summed E-state index contributed by atoms with van der Waals surface area (Å²) >= 11 is 0. The molecule has 0 saturated carbocycles. The summed E-state index contributed by atoms with van der Waals surface area (Å²) in [5.74, 6) is -0.378. The first kappa shape index (κ1) is 11.6. The Morgan fingerprint density at radius 1 is 1.53 bits per heavy atom. The number of alkyl halides is 3. The second-order valence-corrected chi connectivity index (χ2v) is 2.76. The normalized spacial score (nSPS) is 11.5. The van der Waals surface area contributed by atoms with Crippen molar-refractivity contribution in [3.63, 3.8) is 0 Å². The van der Waals surface area contributed by atoms with Crippen molar-refractivity contribution < 1.29 is 17.9 Å². The lowest BCUT2D eigenvalue weighted by Gasteiger charge is -2.14. The number of ether oxygens (including phenoxy) is 1. The predicted molar refractivity (Wildman–Crippen MR) is 46.0 cm³/mol. The molecule has 3 N–H and O–H groups in total. The van der Waals surface area contributed by atoms with Gasteiger partial charge in [0.1, 0.15) is 16.8 Å². The molecule has 0 aliphatic heterocycles. The van der Waals surface area contributed by atoms with Crippen LogP contribution in [0.3, 0.4) is 0 Å². The van der Waals surface area contributed by atoms with Crippen LogP contribution in [-0.2, 0) is 12.8 Å². The number of hydrogen-bond donors (Lipinski definition) is 2. The summed E-state index contributed by atoms with van der Waals surface area (Å²) in [5, 5.41) is 7.33. The monoisotopic (exact) mass is 221 g/mol. The van der Waals surface area contributed by atoms with E-state index in [1.807, 2.05) is 0 Å². The highest BCUT2D eigenvalue weighted by atomic mass is 19.4. The molecule has 7 heteroatoms. The summed E-state index contributed by atoms with van der Waals surface area (Å²) < 4.78 is 43.2. The molecule has 0 amide bonds. The number of nitrogens with two attached hydrogens (primary N) is 1. The number of halogens is 3. The number of methoxy groups -OCH3 is 1. The van der Waals surface area contributed by atoms with Crippen LogP contribution in [0.5, 0.6) is 5.75 Å². The van der Waals surface area contributed by atoms with Crippen LogP contribution < -0.4 is 16.0 Å². The molecule has 1 heterocycles. The topological polar surface area (TPSA) is 64.0 Å². The quantitative estimate of drug-likeness (QED) is 0.779. The van der Waals surface area contributed by atoms with E-state index in [-0.39, 0.29) is 12.4 Å². The van der Waals surface area contributed by atoms with E-state index in [0.29, 0.717) is 0 Å². The van der Waals surface area contributed by atoms with Crippen molar-refractivity contribution >= 4 is 0 Å². The van der Waals surface area contributed by atoms with Crippen molar-refractivity contribution in [2.24, 2.45) is 5.73 Å². The van der Waals surface area contributed by atoms with Gasteiger partial charge in [-0.3, -0.25) is 5.41 Å². The minimum atomic E-state index is -4.62. The Bertz CT molecular complexity index is 411. The molecule has 84 valence electrons. The molecule has 0 aliphatic carbocycles. The zero-order chi connectivity index (χ0) is 11.6. The molecule has 0 aliphatic rings. The van der Waals surface area contributed by atoms with E-state index in [1.54, 1.807) is 0 Å². The number of nitrogens with zero attached hydrogens (tertiary/aromatic N) is 1. The third kappa shape index (κ3) is 2.12. The summed E-state index contributed by atoms with van der Waals surface area (Å²) in [7, 11) is 1.12. The molecule has 0 bridgehead atoms. The van der Waals surface area contributed by atoms with Gasteiger partial charge in [0.25, 0.3) is 0 Å². The molecular weight excluding hydrogens is 211 g/mol. The van der Waals surface area contributed by atoms with Crippen LogP contribution in [0.15, 0.2) is 12.3 Å². The van der Waals surface area contributed by atoms with Crippen molar-refractivity contribution in [3.8, 4) is 5.75 Å². The molecule has 4 nitrogen and oxygen atoms in total. The molecular formula is C8H10F3N3O. The maximum absolute atomic E-state index is 12.6. The van der Waals surface area contributed by atoms with Crippen molar-refractivity contribution in [1.82, 2.24) is 4.57 Å². The fraction of sp³-hybridized carbons (Fsp3) is 0.375. The highest BCUT2D eigenvalue weighted by Crippen LogP contribution is 2.32. The minimum absolute atomic E-state index is 0.189. The van der Waals surface area contributed by atoms with E-state index in [9.17, 15) is 13.2 Å². The predicted octanol–water partition coefficient (Wildman–Crippen LogP) is 0.911. The van der Waals surface area contributed by atoms with Crippen molar-refractivity contribution in [2.75, 3.05) is 7.11 Å². The summed E-state index contributed by atoms with van der Waals surface area (Å²) in [5.41, 5.74) is 3.37. The summed E-state index contributed by atoms with van der Waals surface area (Å²) in [4.78, 5) is 0. The van der Waals surface area contributed by atoms with E-state index in [4.69, 9.17) is 11.1 Å². The van der Waals surface area contributed by atoms with Gasteiger partial charge in [-0.1, -0.05) is 0 Å². The molecule has 1 rings (SSSR count). The molecule has 0 spiro atoms. The molecule has 15 heavy (non-hydrogen) atoms. The Morgan fingerprint density at radius 3 is 2.53 bits per heavy atom. The fourth-order valence-electron chi connectivity index (χ4n) is 1.17. The Hall–Kier alpha value is -1.50. The largest absolute Gasteiger partial charge is 0.496 e. The van der Waals surface area contributed by atoms with Crippen molar-refractivity contribution in [1.29, 1.82) is 5.41 Å². The van der Waals surface area contributed by atoms with E-state index in [2.05, 4.69) is 4.74 Å². The highest BCUT2D eigenvalue weighted by molar-refractivity contribution is 5.32. The summed E-state index contributed by atoms with van der Waals surface area (Å²) in [6, 6.07) is 1.13. The van der Waals surface area contributed by atoms with E-state index < -0.39 is 17.2 Å². The molecule has 0 radical (unpaired) electrons. The Morgan fingerprint density at radius 2 is 2.13 bits per heavy atom. The third-order valence-electron chi connectivity index (χ3n) is 1.88. The number of nitrogens with one attached hydrogen (secondary N) is 1. The Kier molecular flexibility index (Phi) is 3.04. The van der Waals surface area contributed by atoms with Gasteiger partial charge in [0.2, 0.25) is 0 Å². The summed E-state index contributed by atoms with van der Waals surface area (Å²) in [6.07, 6.45) is -3.35. The second kappa shape index (κ2) is 3.93. The molecule has 0 saturated heterocycles. The van der Waals surface area contributed by atoms with Crippen LogP contribution in [0.1, 0.15) is 5.56 Å². The number of pyridine rings is 1. The summed E-state index contributed by atoms with van der Waals surface area (Å²) in [6.45, 7) is -0.189. The van der Waals surface area contributed by atoms with Gasteiger partial charge in [-0.2, -0.15) is 13.2 Å². The van der Waals surface area contributed by atoms with Gasteiger partial charge in [-0.25, -0.2) is 0 Å². The lowest BCUT2D eigenvalue weighted by atomic mass is 10.2. The molecule has 0 atom stereocenters. The number of aromatic nitrogens is 1. The van der Waals surface area contributed by atoms with Crippen LogP contribution in [0.25, 0.3) is 0 Å². The van der Waals surface area contributed by atoms with Crippen LogP contribution in [0, 0.1) is 5.41 Å². The zero-order valence-electron chi connectivity index (χ0n) is 7.93. The van der Waals surface area contributed by atoms with Gasteiger partial charge in [0, 0.05) is 6.20 Å². The van der Waals surface area contributed by atoms with E-state index in [0.717, 1.165) is 17.7 Å². The first-order chi connectivity index (χ1) is 6.91. The number of rotatable bonds is 2. The lowest BCUT2D eigenvalue weighted by Crippen LogP contribution is -2.31. The molecule has 1 aromatic heterocycles. The van der Waals surface area contributed by atoms with Crippen LogP contribution in [-0.4, -0.2) is 11.7 Å². The first-order valence-electron chi connectivity index (χ1n) is 4.01. The molecule has 0 aromatic carbocycles. The Labute approximate surface area is 83.6 Å². The number of hydrogen-bond acceptors (Lipinski definition) is 3. The zero-order valence-corrected chi connectivity index (χ0v) is 7.93. The lowest BCUT2D eigenvalue weighted by molar-refractivity contribution is -0.140. The van der Waals surface area contributed by atoms with Crippen LogP contribution in [0.2, 0.25) is 0 Å². The first-order valence-corrected chi connectivity index (χ1v) is 4.01. The second-order valence-electron chi connectivity index (χ2n) is 2.76. The van der Waals surface area contributed by atoms with Gasteiger partial charge < -0.3 is 15.0 Å². The average molecular weight is 221 g/mol. The van der Waals surface area contributed by atoms with Crippen LogP contribution in [0.4, 0.5) is 13.2 Å². The van der Waals surface area contributed by atoms with Crippen molar-refractivity contribution in [2.45, 2.75) is 12.8 Å². The van der Waals surface area contributed by atoms with Gasteiger partial charge in [0.05, 0.1) is 13.8 Å². The minimum Gasteiger partial charge on any atom is -0.496 e. The maximum atomic E-state index is 12.6. The van der Waals surface area contributed by atoms with Gasteiger partial charge in [0.15, 0.2) is 0 Å². The standard InChI is InChI=1S/C8H10F3N3O/c1-15-5-2-3-14(4-12)7(13)6(5)8(9,10)11/h2-3,13H,4,12H2,1H3. The average Bonchev–Trinajstić information content (AvgIpc) is 2.15. The van der Waals surface area contributed by atoms with Crippen molar-refractivity contribution in [3.05, 3.63) is 23.3 Å². The molecule has 0 fully saturated rings. The van der Waals surface area contributed by atoms with E-state index >= 15 is 0 Å². The smallest absolute Gasteiger partial charge is 0.423 e. The van der Waals surface area contributed by atoms with Gasteiger partial charge in [-0.15, -0.1) is 0 Å². The molecule has 0 unspecified atom stereocenters. The van der Waals surface area contributed by atoms with Gasteiger partial charge >= 0.3 is 6.18 Å². The fourth-order valence-corrected chi connectivity index (χ4v) is 1.17. The maximum Gasteiger partial charge on any atom is 0.423 e. The van der Waals surface area contributed by atoms with Gasteiger partial charge in [-0.05, 0) is 6.07 Å². The van der Waals surface area contributed by atoms with E-state index in [1.165, 1.54) is 6.20 Å².